The molecule has 2 atom stereocenters. The molecule has 1 fully saturated rings. The summed E-state index contributed by atoms with van der Waals surface area (Å²) >= 11 is 0. The quantitative estimate of drug-likeness (QED) is 0.889. The number of likely N-dealkylation sites (tertiary alicyclic amines) is 1. The summed E-state index contributed by atoms with van der Waals surface area (Å²) in [5.41, 5.74) is 0.341. The van der Waals surface area contributed by atoms with Crippen LogP contribution in [0.4, 0.5) is 0 Å². The molecule has 0 bridgehead atoms. The molecule has 5 heteroatoms. The number of phenols is 1. The van der Waals surface area contributed by atoms with Crippen LogP contribution in [0.3, 0.4) is 0 Å². The second kappa shape index (κ2) is 6.80. The molecule has 2 N–H and O–H groups in total. The third-order valence-electron chi connectivity index (χ3n) is 4.35. The van der Waals surface area contributed by atoms with Crippen molar-refractivity contribution in [1.29, 1.82) is 0 Å². The molecule has 2 rings (SSSR count). The molecule has 116 valence electrons. The molecule has 1 saturated heterocycles. The molecule has 1 aromatic carbocycles. The van der Waals surface area contributed by atoms with Crippen molar-refractivity contribution >= 4 is 5.91 Å². The molecule has 1 heterocycles. The van der Waals surface area contributed by atoms with Crippen LogP contribution in [0, 0.1) is 5.92 Å². The normalized spacial score (nSPS) is 22.1. The first-order valence-electron chi connectivity index (χ1n) is 7.44. The third-order valence-corrected chi connectivity index (χ3v) is 4.35. The number of carbonyl (C=O) groups excluding carboxylic acids is 1. The highest BCUT2D eigenvalue weighted by Crippen LogP contribution is 2.27. The molecule has 0 aliphatic carbocycles. The van der Waals surface area contributed by atoms with Gasteiger partial charge >= 0.3 is 0 Å². The molecule has 0 radical (unpaired) electrons. The van der Waals surface area contributed by atoms with Crippen LogP contribution in [-0.2, 0) is 0 Å². The lowest BCUT2D eigenvalue weighted by atomic mass is 9.89. The van der Waals surface area contributed by atoms with E-state index in [1.165, 1.54) is 13.2 Å². The smallest absolute Gasteiger partial charge is 0.257 e. The number of ether oxygens (including phenoxy) is 1. The number of aromatic hydroxyl groups is 1. The van der Waals surface area contributed by atoms with E-state index >= 15 is 0 Å². The largest absolute Gasteiger partial charge is 0.507 e. The fourth-order valence-electron chi connectivity index (χ4n) is 3.00. The lowest BCUT2D eigenvalue weighted by molar-refractivity contribution is 0.0628. The molecule has 1 amide bonds. The van der Waals surface area contributed by atoms with E-state index in [0.29, 0.717) is 29.8 Å². The zero-order chi connectivity index (χ0) is 15.4. The Kier molecular flexibility index (Phi) is 5.07. The molecule has 0 aromatic heterocycles. The average molecular weight is 292 g/mol. The van der Waals surface area contributed by atoms with E-state index in [0.717, 1.165) is 19.4 Å². The van der Waals surface area contributed by atoms with Crippen molar-refractivity contribution in [2.75, 3.05) is 27.2 Å². The van der Waals surface area contributed by atoms with Gasteiger partial charge in [-0.05, 0) is 31.5 Å². The Morgan fingerprint density at radius 2 is 2.29 bits per heavy atom. The summed E-state index contributed by atoms with van der Waals surface area (Å²) in [4.78, 5) is 14.4. The van der Waals surface area contributed by atoms with Crippen LogP contribution in [0.1, 0.15) is 30.1 Å². The van der Waals surface area contributed by atoms with Gasteiger partial charge in [0.05, 0.1) is 12.7 Å². The predicted molar refractivity (Wildman–Crippen MR) is 81.8 cm³/mol. The first-order chi connectivity index (χ1) is 10.1. The van der Waals surface area contributed by atoms with Crippen LogP contribution < -0.4 is 10.1 Å². The van der Waals surface area contributed by atoms with E-state index in [4.69, 9.17) is 4.74 Å². The number of rotatable bonds is 4. The number of hydrogen-bond donors (Lipinski definition) is 2. The Labute approximate surface area is 125 Å². The Morgan fingerprint density at radius 1 is 1.52 bits per heavy atom. The summed E-state index contributed by atoms with van der Waals surface area (Å²) in [5.74, 6) is 0.865. The van der Waals surface area contributed by atoms with Gasteiger partial charge in [-0.2, -0.15) is 0 Å². The number of amides is 1. The maximum atomic E-state index is 12.6. The Morgan fingerprint density at radius 3 is 2.86 bits per heavy atom. The summed E-state index contributed by atoms with van der Waals surface area (Å²) in [6.07, 6.45) is 1.97. The Balaban J connectivity index is 2.13. The van der Waals surface area contributed by atoms with Crippen LogP contribution in [0.25, 0.3) is 0 Å². The summed E-state index contributed by atoms with van der Waals surface area (Å²) in [7, 11) is 3.50. The van der Waals surface area contributed by atoms with Crippen molar-refractivity contribution in [3.05, 3.63) is 23.8 Å². The summed E-state index contributed by atoms with van der Waals surface area (Å²) in [6, 6.07) is 5.26. The molecule has 1 aromatic rings. The summed E-state index contributed by atoms with van der Waals surface area (Å²) in [6.45, 7) is 3.59. The van der Waals surface area contributed by atoms with Gasteiger partial charge in [0.2, 0.25) is 0 Å². The number of nitrogens with one attached hydrogen (secondary N) is 1. The lowest BCUT2D eigenvalue weighted by Gasteiger charge is -2.38. The van der Waals surface area contributed by atoms with Gasteiger partial charge in [0, 0.05) is 25.2 Å². The van der Waals surface area contributed by atoms with Gasteiger partial charge in [0.25, 0.3) is 5.91 Å². The summed E-state index contributed by atoms with van der Waals surface area (Å²) < 4.78 is 5.05. The highest BCUT2D eigenvalue weighted by Gasteiger charge is 2.30. The first kappa shape index (κ1) is 15.6. The predicted octanol–water partition coefficient (Wildman–Crippen LogP) is 1.86. The van der Waals surface area contributed by atoms with E-state index in [1.807, 2.05) is 11.9 Å². The second-order valence-corrected chi connectivity index (χ2v) is 5.49. The van der Waals surface area contributed by atoms with Gasteiger partial charge in [-0.25, -0.2) is 0 Å². The van der Waals surface area contributed by atoms with Crippen molar-refractivity contribution in [1.82, 2.24) is 10.2 Å². The maximum Gasteiger partial charge on any atom is 0.257 e. The topological polar surface area (TPSA) is 61.8 Å². The maximum absolute atomic E-state index is 12.6. The van der Waals surface area contributed by atoms with Crippen LogP contribution in [0.2, 0.25) is 0 Å². The van der Waals surface area contributed by atoms with E-state index in [1.54, 1.807) is 12.1 Å². The fraction of sp³-hybridized carbons (Fsp3) is 0.562. The number of hydrogen-bond acceptors (Lipinski definition) is 4. The first-order valence-corrected chi connectivity index (χ1v) is 7.44. The zero-order valence-electron chi connectivity index (χ0n) is 12.9. The van der Waals surface area contributed by atoms with Gasteiger partial charge in [0.15, 0.2) is 0 Å². The van der Waals surface area contributed by atoms with Crippen molar-refractivity contribution < 1.29 is 14.6 Å². The van der Waals surface area contributed by atoms with Gasteiger partial charge in [-0.3, -0.25) is 4.79 Å². The minimum atomic E-state index is -0.108. The molecule has 0 saturated carbocycles. The molecular formula is C16H24N2O3. The van der Waals surface area contributed by atoms with E-state index < -0.39 is 0 Å². The van der Waals surface area contributed by atoms with Crippen molar-refractivity contribution in [3.8, 4) is 11.5 Å². The van der Waals surface area contributed by atoms with E-state index in [9.17, 15) is 9.90 Å². The van der Waals surface area contributed by atoms with E-state index in [-0.39, 0.29) is 11.7 Å². The highest BCUT2D eigenvalue weighted by atomic mass is 16.5. The zero-order valence-corrected chi connectivity index (χ0v) is 12.9. The Bertz CT molecular complexity index is 504. The lowest BCUT2D eigenvalue weighted by Crippen LogP contribution is -2.50. The van der Waals surface area contributed by atoms with Crippen LogP contribution in [0.15, 0.2) is 18.2 Å². The molecule has 21 heavy (non-hydrogen) atoms. The van der Waals surface area contributed by atoms with Gasteiger partial charge in [-0.15, -0.1) is 0 Å². The molecule has 1 aliphatic heterocycles. The second-order valence-electron chi connectivity index (χ2n) is 5.49. The van der Waals surface area contributed by atoms with Gasteiger partial charge in [0.1, 0.15) is 11.5 Å². The number of piperidine rings is 1. The Hall–Kier alpha value is -1.75. The number of benzene rings is 1. The molecular weight excluding hydrogens is 268 g/mol. The minimum Gasteiger partial charge on any atom is -0.507 e. The SMILES string of the molecule is CCC1CN(C(=O)c2ccc(OC)cc2O)CCC1NC. The van der Waals surface area contributed by atoms with Gasteiger partial charge in [-0.1, -0.05) is 13.3 Å². The monoisotopic (exact) mass is 292 g/mol. The molecule has 2 unspecified atom stereocenters. The van der Waals surface area contributed by atoms with Crippen LogP contribution in [0.5, 0.6) is 11.5 Å². The number of methoxy groups -OCH3 is 1. The van der Waals surface area contributed by atoms with E-state index in [2.05, 4.69) is 12.2 Å². The van der Waals surface area contributed by atoms with Crippen LogP contribution >= 0.6 is 0 Å². The third kappa shape index (κ3) is 3.29. The molecule has 0 spiro atoms. The van der Waals surface area contributed by atoms with Crippen molar-refractivity contribution in [3.63, 3.8) is 0 Å². The minimum absolute atomic E-state index is 0.0249. The highest BCUT2D eigenvalue weighted by molar-refractivity contribution is 5.97. The van der Waals surface area contributed by atoms with Crippen LogP contribution in [-0.4, -0.2) is 49.2 Å². The summed E-state index contributed by atoms with van der Waals surface area (Å²) in [5, 5.41) is 13.3. The number of carbonyl (C=O) groups is 1. The average Bonchev–Trinajstić information content (AvgIpc) is 2.53. The van der Waals surface area contributed by atoms with Gasteiger partial charge < -0.3 is 20.1 Å². The van der Waals surface area contributed by atoms with Crippen molar-refractivity contribution in [2.45, 2.75) is 25.8 Å². The fourth-order valence-corrected chi connectivity index (χ4v) is 3.00. The molecule has 1 aliphatic rings. The standard InChI is InChI=1S/C16H24N2O3/c1-4-11-10-18(8-7-14(11)17-2)16(20)13-6-5-12(21-3)9-15(13)19/h5-6,9,11,14,17,19H,4,7-8,10H2,1-3H3. The van der Waals surface area contributed by atoms with Crippen molar-refractivity contribution in [2.24, 2.45) is 5.92 Å². The number of phenolic OH excluding ortho intramolecular Hbond substituents is 1. The number of nitrogens with zero attached hydrogens (tertiary/aromatic N) is 1. The molecule has 5 nitrogen and oxygen atoms in total.